The molecule has 0 bridgehead atoms. The molecular formula is C25H27F2N3O4. The van der Waals surface area contributed by atoms with Crippen LogP contribution in [0, 0.1) is 11.6 Å². The number of hydrogen-bond acceptors (Lipinski definition) is 6. The Balaban J connectivity index is 0.00000103. The Labute approximate surface area is 196 Å². The number of ether oxygens (including phenoxy) is 2. The van der Waals surface area contributed by atoms with Gasteiger partial charge in [-0.3, -0.25) is 4.79 Å². The molecular weight excluding hydrogens is 444 g/mol. The summed E-state index contributed by atoms with van der Waals surface area (Å²) in [5.41, 5.74) is 8.02. The van der Waals surface area contributed by atoms with Gasteiger partial charge in [-0.05, 0) is 48.5 Å². The summed E-state index contributed by atoms with van der Waals surface area (Å²) in [5.74, 6) is -0.194. The van der Waals surface area contributed by atoms with Crippen molar-refractivity contribution in [3.8, 4) is 22.8 Å². The van der Waals surface area contributed by atoms with Crippen molar-refractivity contribution in [3.05, 3.63) is 77.0 Å². The van der Waals surface area contributed by atoms with Crippen LogP contribution in [0.5, 0.6) is 11.5 Å². The van der Waals surface area contributed by atoms with Crippen molar-refractivity contribution in [1.29, 1.82) is 0 Å². The predicted molar refractivity (Wildman–Crippen MR) is 124 cm³/mol. The molecule has 1 aromatic heterocycles. The van der Waals surface area contributed by atoms with E-state index < -0.39 is 5.82 Å². The first-order valence-electron chi connectivity index (χ1n) is 10.7. The van der Waals surface area contributed by atoms with Gasteiger partial charge in [0.25, 0.3) is 5.91 Å². The third-order valence-electron chi connectivity index (χ3n) is 5.26. The van der Waals surface area contributed by atoms with Crippen molar-refractivity contribution in [3.63, 3.8) is 0 Å². The lowest BCUT2D eigenvalue weighted by molar-refractivity contribution is 0.0953. The monoisotopic (exact) mass is 471 g/mol. The van der Waals surface area contributed by atoms with E-state index in [0.29, 0.717) is 30.8 Å². The average molecular weight is 472 g/mol. The molecule has 2 heterocycles. The molecule has 4 N–H and O–H groups in total. The van der Waals surface area contributed by atoms with Gasteiger partial charge in [0.2, 0.25) is 0 Å². The number of carbonyl (C=O) groups excluding carboxylic acids is 1. The lowest BCUT2D eigenvalue weighted by atomic mass is 9.99. The Kier molecular flexibility index (Phi) is 8.50. The van der Waals surface area contributed by atoms with Gasteiger partial charge < -0.3 is 25.6 Å². The van der Waals surface area contributed by atoms with E-state index in [1.807, 2.05) is 6.07 Å². The zero-order chi connectivity index (χ0) is 24.7. The van der Waals surface area contributed by atoms with Gasteiger partial charge in [-0.25, -0.2) is 13.8 Å². The minimum atomic E-state index is -0.522. The molecule has 1 amide bonds. The third-order valence-corrected chi connectivity index (χ3v) is 5.26. The van der Waals surface area contributed by atoms with Crippen LogP contribution in [-0.2, 0) is 6.42 Å². The fourth-order valence-electron chi connectivity index (χ4n) is 3.56. The number of carbonyl (C=O) groups is 1. The zero-order valence-electron chi connectivity index (χ0n) is 19.0. The van der Waals surface area contributed by atoms with E-state index >= 15 is 0 Å². The van der Waals surface area contributed by atoms with Crippen LogP contribution < -0.4 is 20.5 Å². The molecule has 3 aromatic rings. The van der Waals surface area contributed by atoms with Crippen molar-refractivity contribution < 1.29 is 28.2 Å². The summed E-state index contributed by atoms with van der Waals surface area (Å²) >= 11 is 0. The van der Waals surface area contributed by atoms with E-state index in [2.05, 4.69) is 18.0 Å². The molecule has 1 unspecified atom stereocenters. The maximum Gasteiger partial charge on any atom is 0.251 e. The molecule has 0 radical (unpaired) electrons. The molecule has 180 valence electrons. The van der Waals surface area contributed by atoms with Crippen molar-refractivity contribution in [2.75, 3.05) is 27.0 Å². The van der Waals surface area contributed by atoms with Crippen LogP contribution in [0.1, 0.15) is 34.5 Å². The smallest absolute Gasteiger partial charge is 0.251 e. The van der Waals surface area contributed by atoms with E-state index in [0.717, 1.165) is 22.6 Å². The normalized spacial score (nSPS) is 13.9. The molecule has 1 aliphatic rings. The molecule has 1 atom stereocenters. The van der Waals surface area contributed by atoms with Gasteiger partial charge in [0, 0.05) is 41.3 Å². The number of aliphatic hydroxyl groups excluding tert-OH is 1. The SMILES string of the molecule is COc1cc(C(=O)NCCc2cc3c(c(-c4ccc(F)cc4)n2)OCC3C)ccc1F.NCO. The van der Waals surface area contributed by atoms with E-state index in [4.69, 9.17) is 19.6 Å². The summed E-state index contributed by atoms with van der Waals surface area (Å²) in [7, 11) is 1.35. The number of methoxy groups -OCH3 is 1. The molecule has 7 nitrogen and oxygen atoms in total. The Morgan fingerprint density at radius 3 is 2.62 bits per heavy atom. The maximum atomic E-state index is 13.6. The minimum absolute atomic E-state index is 0.0193. The first-order valence-corrected chi connectivity index (χ1v) is 10.7. The molecule has 0 spiro atoms. The Hall–Kier alpha value is -3.56. The van der Waals surface area contributed by atoms with Crippen LogP contribution in [0.3, 0.4) is 0 Å². The highest BCUT2D eigenvalue weighted by atomic mass is 19.1. The molecule has 9 heteroatoms. The fourth-order valence-corrected chi connectivity index (χ4v) is 3.56. The van der Waals surface area contributed by atoms with Crippen LogP contribution in [0.15, 0.2) is 48.5 Å². The third kappa shape index (κ3) is 5.86. The number of nitrogens with one attached hydrogen (secondary N) is 1. The van der Waals surface area contributed by atoms with Gasteiger partial charge in [0.05, 0.1) is 20.4 Å². The number of nitrogens with zero attached hydrogens (tertiary/aromatic N) is 1. The Morgan fingerprint density at radius 1 is 1.24 bits per heavy atom. The zero-order valence-corrected chi connectivity index (χ0v) is 19.0. The summed E-state index contributed by atoms with van der Waals surface area (Å²) in [5, 5.41) is 10.2. The second kappa shape index (κ2) is 11.5. The van der Waals surface area contributed by atoms with Gasteiger partial charge in [-0.1, -0.05) is 6.92 Å². The number of amides is 1. The van der Waals surface area contributed by atoms with E-state index in [1.165, 1.54) is 37.4 Å². The summed E-state index contributed by atoms with van der Waals surface area (Å²) < 4.78 is 37.7. The van der Waals surface area contributed by atoms with Crippen LogP contribution in [0.2, 0.25) is 0 Å². The van der Waals surface area contributed by atoms with Gasteiger partial charge in [0.1, 0.15) is 17.3 Å². The van der Waals surface area contributed by atoms with E-state index in [1.54, 1.807) is 12.1 Å². The van der Waals surface area contributed by atoms with Gasteiger partial charge in [-0.15, -0.1) is 0 Å². The van der Waals surface area contributed by atoms with Crippen molar-refractivity contribution in [2.24, 2.45) is 5.73 Å². The Bertz CT molecular complexity index is 1140. The number of benzene rings is 2. The minimum Gasteiger partial charge on any atom is -0.494 e. The highest BCUT2D eigenvalue weighted by Gasteiger charge is 2.26. The summed E-state index contributed by atoms with van der Waals surface area (Å²) in [4.78, 5) is 17.1. The highest BCUT2D eigenvalue weighted by molar-refractivity contribution is 5.94. The number of aromatic nitrogens is 1. The topological polar surface area (TPSA) is 107 Å². The van der Waals surface area contributed by atoms with Gasteiger partial charge in [-0.2, -0.15) is 0 Å². The molecule has 0 aliphatic carbocycles. The Morgan fingerprint density at radius 2 is 1.94 bits per heavy atom. The van der Waals surface area contributed by atoms with Gasteiger partial charge in [0.15, 0.2) is 11.6 Å². The van der Waals surface area contributed by atoms with Crippen molar-refractivity contribution in [2.45, 2.75) is 19.3 Å². The highest BCUT2D eigenvalue weighted by Crippen LogP contribution is 2.41. The number of nitrogens with two attached hydrogens (primary N) is 1. The average Bonchev–Trinajstić information content (AvgIpc) is 3.20. The van der Waals surface area contributed by atoms with Gasteiger partial charge >= 0.3 is 0 Å². The van der Waals surface area contributed by atoms with E-state index in [9.17, 15) is 13.6 Å². The summed E-state index contributed by atoms with van der Waals surface area (Å²) in [6.45, 7) is 2.74. The van der Waals surface area contributed by atoms with Crippen LogP contribution in [0.25, 0.3) is 11.3 Å². The largest absolute Gasteiger partial charge is 0.494 e. The van der Waals surface area contributed by atoms with E-state index in [-0.39, 0.29) is 30.1 Å². The standard InChI is InChI=1S/C24H22F2N2O3.CH5NO/c1-14-13-31-23-19(14)12-18(28-22(23)15-3-6-17(25)7-4-15)9-10-27-24(29)16-5-8-20(26)21(11-16)30-2;2-1-3/h3-8,11-12,14H,9-10,13H2,1-2H3,(H,27,29);3H,1-2H2. The quantitative estimate of drug-likeness (QED) is 0.476. The number of hydrogen-bond donors (Lipinski definition) is 3. The second-order valence-corrected chi connectivity index (χ2v) is 7.64. The van der Waals surface area contributed by atoms with Crippen molar-refractivity contribution >= 4 is 5.91 Å². The van der Waals surface area contributed by atoms with Crippen LogP contribution >= 0.6 is 0 Å². The molecule has 1 aliphatic heterocycles. The van der Waals surface area contributed by atoms with Crippen LogP contribution in [-0.4, -0.2) is 43.0 Å². The number of fused-ring (bicyclic) bond motifs is 1. The number of halogens is 2. The number of pyridine rings is 1. The maximum absolute atomic E-state index is 13.6. The second-order valence-electron chi connectivity index (χ2n) is 7.64. The first kappa shape index (κ1) is 25.1. The predicted octanol–water partition coefficient (Wildman–Crippen LogP) is 3.40. The van der Waals surface area contributed by atoms with Crippen LogP contribution in [0.4, 0.5) is 8.78 Å². The van der Waals surface area contributed by atoms with Crippen molar-refractivity contribution in [1.82, 2.24) is 10.3 Å². The molecule has 0 fully saturated rings. The number of aliphatic hydroxyl groups is 1. The summed E-state index contributed by atoms with van der Waals surface area (Å²) in [6, 6.07) is 12.1. The summed E-state index contributed by atoms with van der Waals surface area (Å²) in [6.07, 6.45) is 0.498. The first-order chi connectivity index (χ1) is 16.4. The number of rotatable bonds is 6. The molecule has 0 saturated carbocycles. The molecule has 4 rings (SSSR count). The lowest BCUT2D eigenvalue weighted by Crippen LogP contribution is -2.26. The molecule has 2 aromatic carbocycles. The lowest BCUT2D eigenvalue weighted by Gasteiger charge is -2.12. The molecule has 34 heavy (non-hydrogen) atoms. The molecule has 0 saturated heterocycles. The fraction of sp³-hybridized carbons (Fsp3) is 0.280.